The monoisotopic (exact) mass is 289 g/mol. The van der Waals surface area contributed by atoms with E-state index < -0.39 is 5.92 Å². The SMILES string of the molecule is COC(=O)C1CCN(C(=O)C2CCC(F)(F)CC2)CC1. The summed E-state index contributed by atoms with van der Waals surface area (Å²) in [6.07, 6.45) is 1.35. The highest BCUT2D eigenvalue weighted by molar-refractivity contribution is 5.79. The molecule has 0 radical (unpaired) electrons. The number of hydrogen-bond acceptors (Lipinski definition) is 3. The minimum Gasteiger partial charge on any atom is -0.469 e. The zero-order chi connectivity index (χ0) is 14.8. The van der Waals surface area contributed by atoms with Gasteiger partial charge in [0.25, 0.3) is 0 Å². The second-order valence-electron chi connectivity index (χ2n) is 5.75. The van der Waals surface area contributed by atoms with Gasteiger partial charge in [-0.25, -0.2) is 8.78 Å². The van der Waals surface area contributed by atoms with Gasteiger partial charge < -0.3 is 9.64 Å². The molecule has 0 aromatic heterocycles. The van der Waals surface area contributed by atoms with Gasteiger partial charge in [0.15, 0.2) is 0 Å². The standard InChI is InChI=1S/C14H21F2NO3/c1-20-13(19)11-4-8-17(9-5-11)12(18)10-2-6-14(15,16)7-3-10/h10-11H,2-9H2,1H3. The molecule has 0 N–H and O–H groups in total. The van der Waals surface area contributed by atoms with Crippen LogP contribution in [0.5, 0.6) is 0 Å². The number of amides is 1. The number of likely N-dealkylation sites (tertiary alicyclic amines) is 1. The van der Waals surface area contributed by atoms with Crippen molar-refractivity contribution >= 4 is 11.9 Å². The fraction of sp³-hybridized carbons (Fsp3) is 0.857. The number of piperidine rings is 1. The number of halogens is 2. The summed E-state index contributed by atoms with van der Waals surface area (Å²) in [5.74, 6) is -3.27. The van der Waals surface area contributed by atoms with E-state index in [4.69, 9.17) is 4.74 Å². The third-order valence-electron chi connectivity index (χ3n) is 4.41. The van der Waals surface area contributed by atoms with Gasteiger partial charge in [0.2, 0.25) is 11.8 Å². The maximum Gasteiger partial charge on any atom is 0.308 e. The minimum absolute atomic E-state index is 0.0242. The Kier molecular flexibility index (Phi) is 4.60. The number of nitrogens with zero attached hydrogens (tertiary/aromatic N) is 1. The Morgan fingerprint density at radius 2 is 1.60 bits per heavy atom. The van der Waals surface area contributed by atoms with Crippen LogP contribution in [-0.4, -0.2) is 42.9 Å². The maximum atomic E-state index is 13.1. The summed E-state index contributed by atoms with van der Waals surface area (Å²) < 4.78 is 30.9. The molecule has 0 aromatic carbocycles. The van der Waals surface area contributed by atoms with E-state index in [1.54, 1.807) is 4.90 Å². The summed E-state index contributed by atoms with van der Waals surface area (Å²) >= 11 is 0. The largest absolute Gasteiger partial charge is 0.469 e. The summed E-state index contributed by atoms with van der Waals surface area (Å²) in [4.78, 5) is 25.4. The van der Waals surface area contributed by atoms with Crippen molar-refractivity contribution in [3.63, 3.8) is 0 Å². The third kappa shape index (κ3) is 3.46. The molecule has 2 fully saturated rings. The highest BCUT2D eigenvalue weighted by Gasteiger charge is 2.39. The maximum absolute atomic E-state index is 13.1. The van der Waals surface area contributed by atoms with Crippen LogP contribution in [0.1, 0.15) is 38.5 Å². The van der Waals surface area contributed by atoms with Crippen molar-refractivity contribution in [1.82, 2.24) is 4.90 Å². The average molecular weight is 289 g/mol. The molecule has 1 aliphatic heterocycles. The molecule has 1 saturated heterocycles. The van der Waals surface area contributed by atoms with Crippen LogP contribution in [0.2, 0.25) is 0 Å². The Morgan fingerprint density at radius 1 is 1.05 bits per heavy atom. The fourth-order valence-electron chi connectivity index (χ4n) is 3.05. The Labute approximate surface area is 117 Å². The predicted molar refractivity (Wildman–Crippen MR) is 68.2 cm³/mol. The molecular weight excluding hydrogens is 268 g/mol. The van der Waals surface area contributed by atoms with E-state index in [1.165, 1.54) is 7.11 Å². The highest BCUT2D eigenvalue weighted by Crippen LogP contribution is 2.37. The van der Waals surface area contributed by atoms with Gasteiger partial charge in [-0.05, 0) is 25.7 Å². The molecule has 4 nitrogen and oxygen atoms in total. The number of carbonyl (C=O) groups excluding carboxylic acids is 2. The molecule has 0 bridgehead atoms. The van der Waals surface area contributed by atoms with Crippen molar-refractivity contribution in [3.05, 3.63) is 0 Å². The van der Waals surface area contributed by atoms with Crippen molar-refractivity contribution in [3.8, 4) is 0 Å². The molecule has 2 rings (SSSR count). The van der Waals surface area contributed by atoms with Crippen LogP contribution in [-0.2, 0) is 14.3 Å². The van der Waals surface area contributed by atoms with Crippen molar-refractivity contribution in [2.45, 2.75) is 44.4 Å². The number of carbonyl (C=O) groups is 2. The van der Waals surface area contributed by atoms with Gasteiger partial charge in [0, 0.05) is 31.8 Å². The molecule has 20 heavy (non-hydrogen) atoms. The van der Waals surface area contributed by atoms with Crippen LogP contribution in [0.4, 0.5) is 8.78 Å². The smallest absolute Gasteiger partial charge is 0.308 e. The number of alkyl halides is 2. The van der Waals surface area contributed by atoms with Crippen LogP contribution in [0.3, 0.4) is 0 Å². The van der Waals surface area contributed by atoms with E-state index in [-0.39, 0.29) is 49.4 Å². The van der Waals surface area contributed by atoms with E-state index in [2.05, 4.69) is 0 Å². The summed E-state index contributed by atoms with van der Waals surface area (Å²) in [6.45, 7) is 1.04. The Morgan fingerprint density at radius 3 is 2.10 bits per heavy atom. The van der Waals surface area contributed by atoms with Gasteiger partial charge >= 0.3 is 5.97 Å². The Hall–Kier alpha value is -1.20. The lowest BCUT2D eigenvalue weighted by Gasteiger charge is -2.35. The van der Waals surface area contributed by atoms with Crippen LogP contribution < -0.4 is 0 Å². The lowest BCUT2D eigenvalue weighted by molar-refractivity contribution is -0.150. The summed E-state index contributed by atoms with van der Waals surface area (Å²) in [7, 11) is 1.36. The Bertz CT molecular complexity index is 369. The molecule has 1 saturated carbocycles. The Balaban J connectivity index is 1.82. The quantitative estimate of drug-likeness (QED) is 0.732. The molecule has 0 unspecified atom stereocenters. The summed E-state index contributed by atoms with van der Waals surface area (Å²) in [6, 6.07) is 0. The first-order chi connectivity index (χ1) is 9.43. The van der Waals surface area contributed by atoms with Gasteiger partial charge in [-0.15, -0.1) is 0 Å². The molecule has 114 valence electrons. The van der Waals surface area contributed by atoms with Crippen LogP contribution in [0, 0.1) is 11.8 Å². The zero-order valence-corrected chi connectivity index (χ0v) is 11.7. The average Bonchev–Trinajstić information content (AvgIpc) is 2.46. The zero-order valence-electron chi connectivity index (χ0n) is 11.7. The lowest BCUT2D eigenvalue weighted by Crippen LogP contribution is -2.44. The second kappa shape index (κ2) is 6.06. The number of hydrogen-bond donors (Lipinski definition) is 0. The number of esters is 1. The minimum atomic E-state index is -2.60. The molecule has 0 atom stereocenters. The first-order valence-corrected chi connectivity index (χ1v) is 7.17. The van der Waals surface area contributed by atoms with E-state index in [0.29, 0.717) is 25.9 Å². The van der Waals surface area contributed by atoms with Crippen molar-refractivity contribution in [2.75, 3.05) is 20.2 Å². The highest BCUT2D eigenvalue weighted by atomic mass is 19.3. The normalized spacial score (nSPS) is 24.4. The molecule has 1 heterocycles. The third-order valence-corrected chi connectivity index (χ3v) is 4.41. The second-order valence-corrected chi connectivity index (χ2v) is 5.75. The number of ether oxygens (including phenoxy) is 1. The molecule has 0 aromatic rings. The van der Waals surface area contributed by atoms with Gasteiger partial charge in [-0.1, -0.05) is 0 Å². The molecule has 6 heteroatoms. The molecule has 0 spiro atoms. The van der Waals surface area contributed by atoms with Crippen molar-refractivity contribution in [2.24, 2.45) is 11.8 Å². The lowest BCUT2D eigenvalue weighted by atomic mass is 9.85. The van der Waals surface area contributed by atoms with Gasteiger partial charge in [0.1, 0.15) is 0 Å². The topological polar surface area (TPSA) is 46.6 Å². The van der Waals surface area contributed by atoms with E-state index >= 15 is 0 Å². The van der Waals surface area contributed by atoms with E-state index in [1.807, 2.05) is 0 Å². The summed E-state index contributed by atoms with van der Waals surface area (Å²) in [5.41, 5.74) is 0. The van der Waals surface area contributed by atoms with Crippen molar-refractivity contribution < 1.29 is 23.1 Å². The number of rotatable bonds is 2. The fourth-order valence-corrected chi connectivity index (χ4v) is 3.05. The van der Waals surface area contributed by atoms with Gasteiger partial charge in [-0.3, -0.25) is 9.59 Å². The van der Waals surface area contributed by atoms with Gasteiger partial charge in [0.05, 0.1) is 13.0 Å². The molecular formula is C14H21F2NO3. The number of methoxy groups -OCH3 is 1. The molecule has 1 amide bonds. The first kappa shape index (κ1) is 15.2. The molecule has 1 aliphatic carbocycles. The van der Waals surface area contributed by atoms with Crippen LogP contribution >= 0.6 is 0 Å². The first-order valence-electron chi connectivity index (χ1n) is 7.17. The van der Waals surface area contributed by atoms with Crippen LogP contribution in [0.15, 0.2) is 0 Å². The van der Waals surface area contributed by atoms with E-state index in [0.717, 1.165) is 0 Å². The van der Waals surface area contributed by atoms with E-state index in [9.17, 15) is 18.4 Å². The van der Waals surface area contributed by atoms with Crippen molar-refractivity contribution in [1.29, 1.82) is 0 Å². The van der Waals surface area contributed by atoms with Gasteiger partial charge in [-0.2, -0.15) is 0 Å². The van der Waals surface area contributed by atoms with Crippen LogP contribution in [0.25, 0.3) is 0 Å². The predicted octanol–water partition coefficient (Wildman–Crippen LogP) is 2.22. The molecule has 2 aliphatic rings. The summed E-state index contributed by atoms with van der Waals surface area (Å²) in [5, 5.41) is 0.